The number of nitrogens with zero attached hydrogens (tertiary/aromatic N) is 2. The molecule has 2 N–H and O–H groups in total. The van der Waals surface area contributed by atoms with E-state index in [1.54, 1.807) is 14.2 Å². The van der Waals surface area contributed by atoms with Gasteiger partial charge in [0.25, 0.3) is 0 Å². The molecular formula is C21H26N4O3. The molecule has 2 bridgehead atoms. The smallest absolute Gasteiger partial charge is 0.233 e. The zero-order valence-electron chi connectivity index (χ0n) is 16.2. The quantitative estimate of drug-likeness (QED) is 0.334. The molecular weight excluding hydrogens is 356 g/mol. The van der Waals surface area contributed by atoms with Gasteiger partial charge < -0.3 is 15.4 Å². The minimum Gasteiger partial charge on any atom is -0.497 e. The number of benzene rings is 1. The maximum atomic E-state index is 12.7. The third kappa shape index (κ3) is 3.25. The first-order valence-electron chi connectivity index (χ1n) is 9.73. The van der Waals surface area contributed by atoms with Gasteiger partial charge in [0.1, 0.15) is 5.75 Å². The Kier molecular flexibility index (Phi) is 5.07. The number of carbonyl (C=O) groups excluding carboxylic acids is 2. The molecule has 0 aromatic heterocycles. The molecule has 7 nitrogen and oxygen atoms in total. The van der Waals surface area contributed by atoms with E-state index in [1.165, 1.54) is 4.90 Å². The van der Waals surface area contributed by atoms with Crippen LogP contribution in [0.5, 0.6) is 5.75 Å². The second kappa shape index (κ2) is 7.66. The van der Waals surface area contributed by atoms with Crippen LogP contribution in [0.25, 0.3) is 0 Å². The molecule has 0 radical (unpaired) electrons. The van der Waals surface area contributed by atoms with Gasteiger partial charge >= 0.3 is 0 Å². The van der Waals surface area contributed by atoms with E-state index in [4.69, 9.17) is 4.74 Å². The number of ether oxygens (including phenoxy) is 1. The van der Waals surface area contributed by atoms with Crippen molar-refractivity contribution in [3.8, 4) is 5.75 Å². The van der Waals surface area contributed by atoms with Crippen LogP contribution in [0, 0.1) is 23.7 Å². The number of imide groups is 1. The van der Waals surface area contributed by atoms with Crippen LogP contribution in [0.3, 0.4) is 0 Å². The van der Waals surface area contributed by atoms with Gasteiger partial charge in [0.05, 0.1) is 18.9 Å². The third-order valence-electron chi connectivity index (χ3n) is 6.01. The molecule has 28 heavy (non-hydrogen) atoms. The van der Waals surface area contributed by atoms with Crippen LogP contribution in [0.2, 0.25) is 0 Å². The fourth-order valence-electron chi connectivity index (χ4n) is 4.66. The number of rotatable bonds is 6. The Bertz CT molecular complexity index is 805. The summed E-state index contributed by atoms with van der Waals surface area (Å²) in [4.78, 5) is 31.0. The number of nitrogens with one attached hydrogen (secondary N) is 2. The van der Waals surface area contributed by atoms with Crippen molar-refractivity contribution < 1.29 is 14.3 Å². The fourth-order valence-corrected chi connectivity index (χ4v) is 4.66. The molecule has 2 amide bonds. The molecule has 7 heteroatoms. The number of guanidine groups is 1. The molecule has 148 valence electrons. The summed E-state index contributed by atoms with van der Waals surface area (Å²) < 4.78 is 5.23. The van der Waals surface area contributed by atoms with Gasteiger partial charge in [-0.3, -0.25) is 19.5 Å². The van der Waals surface area contributed by atoms with E-state index < -0.39 is 0 Å². The van der Waals surface area contributed by atoms with E-state index >= 15 is 0 Å². The topological polar surface area (TPSA) is 83.0 Å². The maximum Gasteiger partial charge on any atom is 0.233 e. The lowest BCUT2D eigenvalue weighted by molar-refractivity contribution is -0.140. The highest BCUT2D eigenvalue weighted by Crippen LogP contribution is 2.52. The second-order valence-electron chi connectivity index (χ2n) is 7.53. The number of likely N-dealkylation sites (tertiary alicyclic amines) is 1. The molecule has 1 saturated carbocycles. The predicted molar refractivity (Wildman–Crippen MR) is 106 cm³/mol. The van der Waals surface area contributed by atoms with Gasteiger partial charge in [0, 0.05) is 26.7 Å². The molecule has 3 aliphatic rings. The fraction of sp³-hybridized carbons (Fsp3) is 0.476. The molecule has 2 aliphatic carbocycles. The summed E-state index contributed by atoms with van der Waals surface area (Å²) in [7, 11) is 3.34. The van der Waals surface area contributed by atoms with Crippen molar-refractivity contribution >= 4 is 17.8 Å². The molecule has 1 aliphatic heterocycles. The normalized spacial score (nSPS) is 28.1. The van der Waals surface area contributed by atoms with E-state index in [-0.39, 0.29) is 35.5 Å². The highest BCUT2D eigenvalue weighted by Gasteiger charge is 2.58. The molecule has 1 aromatic carbocycles. The lowest BCUT2D eigenvalue weighted by Crippen LogP contribution is -2.43. The highest BCUT2D eigenvalue weighted by molar-refractivity contribution is 6.06. The van der Waals surface area contributed by atoms with Crippen LogP contribution in [-0.4, -0.2) is 49.9 Å². The molecule has 1 aromatic rings. The Morgan fingerprint density at radius 3 is 2.54 bits per heavy atom. The Morgan fingerprint density at radius 2 is 1.89 bits per heavy atom. The van der Waals surface area contributed by atoms with Crippen molar-refractivity contribution in [3.05, 3.63) is 42.0 Å². The average Bonchev–Trinajstić information content (AvgIpc) is 3.40. The van der Waals surface area contributed by atoms with E-state index in [9.17, 15) is 9.59 Å². The summed E-state index contributed by atoms with van der Waals surface area (Å²) in [5, 5.41) is 6.42. The summed E-state index contributed by atoms with van der Waals surface area (Å²) in [6.07, 6.45) is 5.19. The Hall–Kier alpha value is -2.83. The van der Waals surface area contributed by atoms with Gasteiger partial charge in [-0.25, -0.2) is 0 Å². The van der Waals surface area contributed by atoms with Crippen LogP contribution in [0.15, 0.2) is 41.4 Å². The monoisotopic (exact) mass is 382 g/mol. The maximum absolute atomic E-state index is 12.7. The highest BCUT2D eigenvalue weighted by atomic mass is 16.5. The van der Waals surface area contributed by atoms with Crippen LogP contribution < -0.4 is 15.4 Å². The Labute approximate surface area is 164 Å². The van der Waals surface area contributed by atoms with Gasteiger partial charge in [-0.15, -0.1) is 0 Å². The summed E-state index contributed by atoms with van der Waals surface area (Å²) in [5.74, 6) is 1.66. The first kappa shape index (κ1) is 18.5. The average molecular weight is 382 g/mol. The van der Waals surface area contributed by atoms with Gasteiger partial charge in [-0.1, -0.05) is 24.3 Å². The molecule has 4 atom stereocenters. The van der Waals surface area contributed by atoms with Crippen molar-refractivity contribution in [1.82, 2.24) is 15.5 Å². The van der Waals surface area contributed by atoms with Gasteiger partial charge in [0.2, 0.25) is 11.8 Å². The molecule has 1 heterocycles. The van der Waals surface area contributed by atoms with E-state index in [0.717, 1.165) is 17.7 Å². The van der Waals surface area contributed by atoms with Crippen molar-refractivity contribution in [1.29, 1.82) is 0 Å². The van der Waals surface area contributed by atoms with Gasteiger partial charge in [-0.2, -0.15) is 0 Å². The SMILES string of the molecule is CN=C(NCCN1C(=O)C2C3C=CC(C3)C2C1=O)NCc1cccc(OC)c1. The second-order valence-corrected chi connectivity index (χ2v) is 7.53. The first-order chi connectivity index (χ1) is 13.6. The number of aliphatic imine (C=N–C) groups is 1. The minimum absolute atomic E-state index is 0.00650. The standard InChI is InChI=1S/C21H26N4O3/c1-22-21(24-12-13-4-3-5-16(10-13)28-2)23-8-9-25-19(26)17-14-6-7-15(11-14)18(17)20(25)27/h3-7,10,14-15,17-18H,8-9,11-12H2,1-2H3,(H2,22,23,24). The molecule has 0 spiro atoms. The number of allylic oxidation sites excluding steroid dienone is 2. The first-order valence-corrected chi connectivity index (χ1v) is 9.73. The molecule has 1 saturated heterocycles. The lowest BCUT2D eigenvalue weighted by Gasteiger charge is -2.18. The van der Waals surface area contributed by atoms with Crippen LogP contribution in [-0.2, 0) is 16.1 Å². The molecule has 4 rings (SSSR count). The largest absolute Gasteiger partial charge is 0.497 e. The summed E-state index contributed by atoms with van der Waals surface area (Å²) in [6.45, 7) is 1.43. The van der Waals surface area contributed by atoms with Crippen molar-refractivity contribution in [2.24, 2.45) is 28.7 Å². The van der Waals surface area contributed by atoms with Crippen molar-refractivity contribution in [2.45, 2.75) is 13.0 Å². The van der Waals surface area contributed by atoms with Crippen LogP contribution >= 0.6 is 0 Å². The zero-order chi connectivity index (χ0) is 19.7. The Morgan fingerprint density at radius 1 is 1.18 bits per heavy atom. The number of hydrogen-bond acceptors (Lipinski definition) is 4. The number of fused-ring (bicyclic) bond motifs is 5. The number of carbonyl (C=O) groups is 2. The zero-order valence-corrected chi connectivity index (χ0v) is 16.2. The number of methoxy groups -OCH3 is 1. The number of amides is 2. The van der Waals surface area contributed by atoms with E-state index in [0.29, 0.717) is 25.6 Å². The summed E-state index contributed by atoms with van der Waals surface area (Å²) in [6, 6.07) is 7.81. The van der Waals surface area contributed by atoms with E-state index in [2.05, 4.69) is 27.8 Å². The summed E-state index contributed by atoms with van der Waals surface area (Å²) >= 11 is 0. The van der Waals surface area contributed by atoms with E-state index in [1.807, 2.05) is 24.3 Å². The van der Waals surface area contributed by atoms with Gasteiger partial charge in [0.15, 0.2) is 5.96 Å². The number of hydrogen-bond donors (Lipinski definition) is 2. The predicted octanol–water partition coefficient (Wildman–Crippen LogP) is 1.17. The summed E-state index contributed by atoms with van der Waals surface area (Å²) in [5.41, 5.74) is 1.07. The third-order valence-corrected chi connectivity index (χ3v) is 6.01. The van der Waals surface area contributed by atoms with Crippen LogP contribution in [0.1, 0.15) is 12.0 Å². The van der Waals surface area contributed by atoms with Crippen LogP contribution in [0.4, 0.5) is 0 Å². The van der Waals surface area contributed by atoms with Crippen molar-refractivity contribution in [2.75, 3.05) is 27.2 Å². The molecule has 4 unspecified atom stereocenters. The minimum atomic E-state index is -0.131. The Balaban J connectivity index is 1.27. The molecule has 2 fully saturated rings. The van der Waals surface area contributed by atoms with Gasteiger partial charge in [-0.05, 0) is 36.0 Å². The van der Waals surface area contributed by atoms with Crippen molar-refractivity contribution in [3.63, 3.8) is 0 Å². The lowest BCUT2D eigenvalue weighted by atomic mass is 9.85.